The molecule has 4 nitrogen and oxygen atoms in total. The Labute approximate surface area is 170 Å². The molecular weight excluding hydrogens is 421 g/mol. The third kappa shape index (κ3) is 4.02. The van der Waals surface area contributed by atoms with Crippen molar-refractivity contribution in [1.82, 2.24) is 4.98 Å². The molecule has 0 amide bonds. The second-order valence-corrected chi connectivity index (χ2v) is 9.90. The van der Waals surface area contributed by atoms with E-state index in [1.165, 1.54) is 35.6 Å². The maximum Gasteiger partial charge on any atom is 0.185 e. The fraction of sp³-hybridized carbons (Fsp3) is 0.250. The second kappa shape index (κ2) is 7.79. The Hall–Kier alpha value is -2.39. The van der Waals surface area contributed by atoms with Crippen molar-refractivity contribution in [1.29, 1.82) is 0 Å². The lowest BCUT2D eigenvalue weighted by Crippen LogP contribution is -2.39. The molecule has 152 valence electrons. The molecule has 29 heavy (non-hydrogen) atoms. The van der Waals surface area contributed by atoms with Crippen molar-refractivity contribution in [2.24, 2.45) is 0 Å². The molecule has 9 heteroatoms. The van der Waals surface area contributed by atoms with Crippen molar-refractivity contribution in [3.05, 3.63) is 65.3 Å². The summed E-state index contributed by atoms with van der Waals surface area (Å²) in [5.74, 6) is -2.41. The van der Waals surface area contributed by atoms with Crippen LogP contribution in [0.4, 0.5) is 18.3 Å². The standard InChI is InChI=1S/C20H17F3N2O2S2/c21-14-2-1-3-16(11-14)29(26,27)15-6-8-25(9-7-15)20-24-19(12-28-20)13-4-5-17(22)18(23)10-13/h1-5,10-12,15H,6-9H2. The van der Waals surface area contributed by atoms with E-state index in [4.69, 9.17) is 0 Å². The summed E-state index contributed by atoms with van der Waals surface area (Å²) < 4.78 is 65.5. The van der Waals surface area contributed by atoms with Crippen LogP contribution in [0.5, 0.6) is 0 Å². The van der Waals surface area contributed by atoms with Gasteiger partial charge in [0.25, 0.3) is 0 Å². The van der Waals surface area contributed by atoms with E-state index >= 15 is 0 Å². The first-order chi connectivity index (χ1) is 13.8. The smallest absolute Gasteiger partial charge is 0.185 e. The quantitative estimate of drug-likeness (QED) is 0.594. The van der Waals surface area contributed by atoms with Crippen molar-refractivity contribution in [3.63, 3.8) is 0 Å². The zero-order valence-corrected chi connectivity index (χ0v) is 16.8. The number of halogens is 3. The molecule has 0 N–H and O–H groups in total. The number of sulfone groups is 1. The molecule has 1 fully saturated rings. The number of hydrogen-bond donors (Lipinski definition) is 0. The van der Waals surface area contributed by atoms with E-state index in [-0.39, 0.29) is 4.90 Å². The predicted molar refractivity (Wildman–Crippen MR) is 106 cm³/mol. The summed E-state index contributed by atoms with van der Waals surface area (Å²) in [5.41, 5.74) is 1.02. The van der Waals surface area contributed by atoms with Crippen LogP contribution in [0.2, 0.25) is 0 Å². The van der Waals surface area contributed by atoms with Gasteiger partial charge in [-0.05, 0) is 49.2 Å². The van der Waals surface area contributed by atoms with Crippen LogP contribution in [-0.2, 0) is 9.84 Å². The Morgan fingerprint density at radius 3 is 2.45 bits per heavy atom. The molecule has 0 saturated carbocycles. The highest BCUT2D eigenvalue weighted by molar-refractivity contribution is 7.92. The molecule has 2 heterocycles. The average molecular weight is 438 g/mol. The summed E-state index contributed by atoms with van der Waals surface area (Å²) in [6.07, 6.45) is 0.803. The molecule has 0 radical (unpaired) electrons. The lowest BCUT2D eigenvalue weighted by molar-refractivity contribution is 0.509. The van der Waals surface area contributed by atoms with E-state index in [0.717, 1.165) is 18.2 Å². The van der Waals surface area contributed by atoms with Gasteiger partial charge in [-0.1, -0.05) is 6.07 Å². The van der Waals surface area contributed by atoms with Crippen molar-refractivity contribution in [2.45, 2.75) is 23.0 Å². The van der Waals surface area contributed by atoms with E-state index in [1.807, 2.05) is 4.90 Å². The van der Waals surface area contributed by atoms with Gasteiger partial charge >= 0.3 is 0 Å². The maximum atomic E-state index is 13.5. The van der Waals surface area contributed by atoms with Crippen molar-refractivity contribution in [2.75, 3.05) is 18.0 Å². The Morgan fingerprint density at radius 1 is 1.00 bits per heavy atom. The van der Waals surface area contributed by atoms with Crippen LogP contribution < -0.4 is 4.90 Å². The van der Waals surface area contributed by atoms with Crippen LogP contribution in [0.15, 0.2) is 52.7 Å². The fourth-order valence-corrected chi connectivity index (χ4v) is 6.04. The molecule has 1 saturated heterocycles. The highest BCUT2D eigenvalue weighted by Crippen LogP contribution is 2.32. The Balaban J connectivity index is 1.46. The minimum absolute atomic E-state index is 0.00539. The zero-order chi connectivity index (χ0) is 20.6. The molecule has 0 spiro atoms. The number of piperidine rings is 1. The van der Waals surface area contributed by atoms with E-state index in [1.54, 1.807) is 5.38 Å². The van der Waals surface area contributed by atoms with Gasteiger partial charge in [0.1, 0.15) is 5.82 Å². The minimum Gasteiger partial charge on any atom is -0.348 e. The highest BCUT2D eigenvalue weighted by atomic mass is 32.2. The molecular formula is C20H17F3N2O2S2. The number of anilines is 1. The van der Waals surface area contributed by atoms with Gasteiger partial charge in [0, 0.05) is 24.0 Å². The van der Waals surface area contributed by atoms with Crippen LogP contribution in [-0.4, -0.2) is 31.7 Å². The third-order valence-corrected chi connectivity index (χ3v) is 8.14. The molecule has 0 aliphatic carbocycles. The van der Waals surface area contributed by atoms with Gasteiger partial charge < -0.3 is 4.90 Å². The lowest BCUT2D eigenvalue weighted by Gasteiger charge is -2.31. The second-order valence-electron chi connectivity index (χ2n) is 6.83. The number of aromatic nitrogens is 1. The van der Waals surface area contributed by atoms with Crippen molar-refractivity contribution in [3.8, 4) is 11.3 Å². The highest BCUT2D eigenvalue weighted by Gasteiger charge is 2.32. The summed E-state index contributed by atoms with van der Waals surface area (Å²) in [4.78, 5) is 6.47. The molecule has 0 atom stereocenters. The summed E-state index contributed by atoms with van der Waals surface area (Å²) >= 11 is 1.37. The largest absolute Gasteiger partial charge is 0.348 e. The molecule has 4 rings (SSSR count). The van der Waals surface area contributed by atoms with E-state index in [2.05, 4.69) is 4.98 Å². The van der Waals surface area contributed by atoms with Gasteiger partial charge in [-0.25, -0.2) is 26.6 Å². The molecule has 1 aliphatic heterocycles. The van der Waals surface area contributed by atoms with Gasteiger partial charge in [-0.3, -0.25) is 0 Å². The first-order valence-electron chi connectivity index (χ1n) is 9.00. The predicted octanol–water partition coefficient (Wildman–Crippen LogP) is 4.67. The number of hydrogen-bond acceptors (Lipinski definition) is 5. The van der Waals surface area contributed by atoms with Crippen molar-refractivity contribution >= 4 is 26.3 Å². The molecule has 3 aromatic rings. The van der Waals surface area contributed by atoms with Crippen LogP contribution in [0.1, 0.15) is 12.8 Å². The number of thiazole rings is 1. The van der Waals surface area contributed by atoms with Crippen LogP contribution in [0, 0.1) is 17.5 Å². The van der Waals surface area contributed by atoms with Crippen LogP contribution in [0.3, 0.4) is 0 Å². The third-order valence-electron chi connectivity index (χ3n) is 4.98. The molecule has 2 aromatic carbocycles. The van der Waals surface area contributed by atoms with Gasteiger partial charge in [0.2, 0.25) is 0 Å². The van der Waals surface area contributed by atoms with E-state index in [0.29, 0.717) is 42.3 Å². The Bertz CT molecular complexity index is 1140. The first-order valence-corrected chi connectivity index (χ1v) is 11.4. The summed E-state index contributed by atoms with van der Waals surface area (Å²) in [6.45, 7) is 0.980. The summed E-state index contributed by atoms with van der Waals surface area (Å²) in [7, 11) is -3.60. The number of nitrogens with zero attached hydrogens (tertiary/aromatic N) is 2. The van der Waals surface area contributed by atoms with Gasteiger partial charge in [0.15, 0.2) is 26.6 Å². The topological polar surface area (TPSA) is 50.3 Å². The Kier molecular flexibility index (Phi) is 5.35. The number of rotatable bonds is 4. The van der Waals surface area contributed by atoms with Crippen LogP contribution >= 0.6 is 11.3 Å². The van der Waals surface area contributed by atoms with Gasteiger partial charge in [-0.2, -0.15) is 0 Å². The van der Waals surface area contributed by atoms with E-state index < -0.39 is 32.5 Å². The molecule has 0 bridgehead atoms. The zero-order valence-electron chi connectivity index (χ0n) is 15.2. The average Bonchev–Trinajstić information content (AvgIpc) is 3.20. The summed E-state index contributed by atoms with van der Waals surface area (Å²) in [5, 5.41) is 1.88. The van der Waals surface area contributed by atoms with Crippen molar-refractivity contribution < 1.29 is 21.6 Å². The number of benzene rings is 2. The van der Waals surface area contributed by atoms with Gasteiger partial charge in [-0.15, -0.1) is 11.3 Å². The monoisotopic (exact) mass is 438 g/mol. The van der Waals surface area contributed by atoms with Crippen LogP contribution in [0.25, 0.3) is 11.3 Å². The minimum atomic E-state index is -3.60. The maximum absolute atomic E-state index is 13.5. The normalized spacial score (nSPS) is 15.6. The first kappa shape index (κ1) is 19.9. The molecule has 0 unspecified atom stereocenters. The van der Waals surface area contributed by atoms with Gasteiger partial charge in [0.05, 0.1) is 15.8 Å². The van der Waals surface area contributed by atoms with E-state index in [9.17, 15) is 21.6 Å². The molecule has 1 aliphatic rings. The summed E-state index contributed by atoms with van der Waals surface area (Å²) in [6, 6.07) is 8.71. The fourth-order valence-electron chi connectivity index (χ4n) is 3.39. The lowest BCUT2D eigenvalue weighted by atomic mass is 10.1. The Morgan fingerprint density at radius 2 is 1.76 bits per heavy atom. The SMILES string of the molecule is O=S(=O)(c1cccc(F)c1)C1CCN(c2nc(-c3ccc(F)c(F)c3)cs2)CC1. The molecule has 1 aromatic heterocycles.